The molecule has 0 aromatic heterocycles. The second kappa shape index (κ2) is 3.87. The predicted molar refractivity (Wildman–Crippen MR) is 50.2 cm³/mol. The lowest BCUT2D eigenvalue weighted by atomic mass is 10.0. The quantitative estimate of drug-likeness (QED) is 0.872. The first-order valence-electron chi connectivity index (χ1n) is 3.70. The Hall–Kier alpha value is -0.900. The number of carboxylic acids is 1. The van der Waals surface area contributed by atoms with E-state index >= 15 is 0 Å². The number of hydrogen-bond donors (Lipinski definition) is 1. The van der Waals surface area contributed by atoms with Crippen LogP contribution in [0.1, 0.15) is 18.4 Å². The molecule has 2 nitrogen and oxygen atoms in total. The van der Waals surface area contributed by atoms with Crippen LogP contribution in [0.2, 0.25) is 0 Å². The van der Waals surface area contributed by atoms with E-state index in [0.29, 0.717) is 5.56 Å². The fourth-order valence-electron chi connectivity index (χ4n) is 0.988. The van der Waals surface area contributed by atoms with Gasteiger partial charge in [0.25, 0.3) is 0 Å². The molecular formula is C9H8BrFO2. The Balaban J connectivity index is 3.15. The van der Waals surface area contributed by atoms with Crippen molar-refractivity contribution in [3.05, 3.63) is 34.1 Å². The number of carbonyl (C=O) groups is 1. The van der Waals surface area contributed by atoms with Crippen LogP contribution in [0.3, 0.4) is 0 Å². The topological polar surface area (TPSA) is 37.3 Å². The van der Waals surface area contributed by atoms with E-state index in [2.05, 4.69) is 15.9 Å². The summed E-state index contributed by atoms with van der Waals surface area (Å²) in [5.74, 6) is -2.11. The Morgan fingerprint density at radius 2 is 2.23 bits per heavy atom. The summed E-state index contributed by atoms with van der Waals surface area (Å²) in [6.45, 7) is 1.52. The van der Waals surface area contributed by atoms with Crippen molar-refractivity contribution in [2.24, 2.45) is 0 Å². The third-order valence-corrected chi connectivity index (χ3v) is 2.66. The maximum Gasteiger partial charge on any atom is 0.310 e. The molecule has 1 aromatic rings. The lowest BCUT2D eigenvalue weighted by molar-refractivity contribution is -0.138. The second-order valence-electron chi connectivity index (χ2n) is 2.70. The zero-order valence-corrected chi connectivity index (χ0v) is 8.51. The van der Waals surface area contributed by atoms with Gasteiger partial charge < -0.3 is 5.11 Å². The average molecular weight is 247 g/mol. The van der Waals surface area contributed by atoms with Crippen LogP contribution >= 0.6 is 15.9 Å². The Kier molecular flexibility index (Phi) is 3.03. The molecule has 1 rings (SSSR count). The van der Waals surface area contributed by atoms with E-state index in [1.165, 1.54) is 19.1 Å². The van der Waals surface area contributed by atoms with Gasteiger partial charge in [0.2, 0.25) is 0 Å². The second-order valence-corrected chi connectivity index (χ2v) is 3.50. The molecule has 0 radical (unpaired) electrons. The van der Waals surface area contributed by atoms with Gasteiger partial charge >= 0.3 is 5.97 Å². The third kappa shape index (κ3) is 2.06. The molecule has 70 valence electrons. The van der Waals surface area contributed by atoms with Crippen LogP contribution in [0, 0.1) is 5.82 Å². The van der Waals surface area contributed by atoms with Gasteiger partial charge in [-0.25, -0.2) is 4.39 Å². The summed E-state index contributed by atoms with van der Waals surface area (Å²) in [6, 6.07) is 4.36. The Morgan fingerprint density at radius 1 is 1.62 bits per heavy atom. The SMILES string of the molecule is CC(C(=O)O)c1cccc(F)c1Br. The molecule has 0 spiro atoms. The Bertz CT molecular complexity index is 338. The number of benzene rings is 1. The molecule has 0 aliphatic heterocycles. The highest BCUT2D eigenvalue weighted by Gasteiger charge is 2.17. The largest absolute Gasteiger partial charge is 0.481 e. The highest BCUT2D eigenvalue weighted by molar-refractivity contribution is 9.10. The molecule has 1 aromatic carbocycles. The molecule has 0 bridgehead atoms. The molecule has 1 unspecified atom stereocenters. The van der Waals surface area contributed by atoms with Gasteiger partial charge in [-0.05, 0) is 34.5 Å². The monoisotopic (exact) mass is 246 g/mol. The Morgan fingerprint density at radius 3 is 2.77 bits per heavy atom. The van der Waals surface area contributed by atoms with Crippen LogP contribution in [-0.4, -0.2) is 11.1 Å². The summed E-state index contributed by atoms with van der Waals surface area (Å²) in [5, 5.41) is 8.71. The molecular weight excluding hydrogens is 239 g/mol. The first-order chi connectivity index (χ1) is 6.04. The molecule has 13 heavy (non-hydrogen) atoms. The molecule has 0 saturated carbocycles. The first-order valence-corrected chi connectivity index (χ1v) is 4.50. The van der Waals surface area contributed by atoms with Crippen molar-refractivity contribution in [1.82, 2.24) is 0 Å². The van der Waals surface area contributed by atoms with E-state index in [-0.39, 0.29) is 4.47 Å². The molecule has 0 aliphatic rings. The van der Waals surface area contributed by atoms with Crippen molar-refractivity contribution < 1.29 is 14.3 Å². The normalized spacial score (nSPS) is 12.5. The fourth-order valence-corrected chi connectivity index (χ4v) is 1.60. The minimum absolute atomic E-state index is 0.227. The van der Waals surface area contributed by atoms with Crippen molar-refractivity contribution in [2.45, 2.75) is 12.8 Å². The van der Waals surface area contributed by atoms with Crippen LogP contribution in [0.4, 0.5) is 4.39 Å². The number of hydrogen-bond acceptors (Lipinski definition) is 1. The van der Waals surface area contributed by atoms with Gasteiger partial charge in [0.05, 0.1) is 10.4 Å². The number of aliphatic carboxylic acids is 1. The molecule has 1 atom stereocenters. The number of rotatable bonds is 2. The highest BCUT2D eigenvalue weighted by Crippen LogP contribution is 2.27. The van der Waals surface area contributed by atoms with Gasteiger partial charge in [0, 0.05) is 0 Å². The summed E-state index contributed by atoms with van der Waals surface area (Å²) >= 11 is 3.01. The van der Waals surface area contributed by atoms with Gasteiger partial charge in [-0.1, -0.05) is 12.1 Å². The third-order valence-electron chi connectivity index (χ3n) is 1.82. The molecule has 0 saturated heterocycles. The van der Waals surface area contributed by atoms with Crippen LogP contribution in [0.25, 0.3) is 0 Å². The minimum atomic E-state index is -0.966. The van der Waals surface area contributed by atoms with Gasteiger partial charge in [0.15, 0.2) is 0 Å². The van der Waals surface area contributed by atoms with Gasteiger partial charge in [0.1, 0.15) is 5.82 Å². The van der Waals surface area contributed by atoms with Crippen molar-refractivity contribution in [2.75, 3.05) is 0 Å². The van der Waals surface area contributed by atoms with Gasteiger partial charge in [-0.15, -0.1) is 0 Å². The summed E-state index contributed by atoms with van der Waals surface area (Å²) in [4.78, 5) is 10.6. The zero-order valence-electron chi connectivity index (χ0n) is 6.92. The fraction of sp³-hybridized carbons (Fsp3) is 0.222. The zero-order chi connectivity index (χ0) is 10.0. The molecule has 0 fully saturated rings. The molecule has 0 amide bonds. The maximum atomic E-state index is 13.0. The maximum absolute atomic E-state index is 13.0. The predicted octanol–water partition coefficient (Wildman–Crippen LogP) is 2.78. The minimum Gasteiger partial charge on any atom is -0.481 e. The van der Waals surface area contributed by atoms with Crippen molar-refractivity contribution in [3.8, 4) is 0 Å². The van der Waals surface area contributed by atoms with Crippen LogP contribution in [0.15, 0.2) is 22.7 Å². The Labute approximate surface area is 83.5 Å². The lowest BCUT2D eigenvalue weighted by Gasteiger charge is -2.08. The van der Waals surface area contributed by atoms with E-state index in [1.807, 2.05) is 0 Å². The van der Waals surface area contributed by atoms with E-state index in [1.54, 1.807) is 6.07 Å². The van der Waals surface area contributed by atoms with Gasteiger partial charge in [-0.2, -0.15) is 0 Å². The number of carboxylic acid groups (broad SMARTS) is 1. The van der Waals surface area contributed by atoms with E-state index in [4.69, 9.17) is 5.11 Å². The van der Waals surface area contributed by atoms with Crippen molar-refractivity contribution in [1.29, 1.82) is 0 Å². The molecule has 0 heterocycles. The highest BCUT2D eigenvalue weighted by atomic mass is 79.9. The van der Waals surface area contributed by atoms with E-state index < -0.39 is 17.7 Å². The van der Waals surface area contributed by atoms with Crippen LogP contribution in [0.5, 0.6) is 0 Å². The smallest absolute Gasteiger partial charge is 0.310 e. The van der Waals surface area contributed by atoms with E-state index in [0.717, 1.165) is 0 Å². The van der Waals surface area contributed by atoms with Gasteiger partial charge in [-0.3, -0.25) is 4.79 Å². The molecule has 4 heteroatoms. The average Bonchev–Trinajstić information content (AvgIpc) is 2.08. The lowest BCUT2D eigenvalue weighted by Crippen LogP contribution is -2.08. The summed E-state index contributed by atoms with van der Waals surface area (Å²) in [5.41, 5.74) is 0.451. The molecule has 1 N–H and O–H groups in total. The van der Waals surface area contributed by atoms with Crippen molar-refractivity contribution in [3.63, 3.8) is 0 Å². The van der Waals surface area contributed by atoms with Crippen LogP contribution in [-0.2, 0) is 4.79 Å². The standard InChI is InChI=1S/C9H8BrFO2/c1-5(9(12)13)6-3-2-4-7(11)8(6)10/h2-5H,1H3,(H,12,13). The molecule has 0 aliphatic carbocycles. The van der Waals surface area contributed by atoms with Crippen LogP contribution < -0.4 is 0 Å². The van der Waals surface area contributed by atoms with Crippen molar-refractivity contribution >= 4 is 21.9 Å². The first kappa shape index (κ1) is 10.2. The summed E-state index contributed by atoms with van der Waals surface area (Å²) in [6.07, 6.45) is 0. The summed E-state index contributed by atoms with van der Waals surface area (Å²) < 4.78 is 13.2. The van der Waals surface area contributed by atoms with E-state index in [9.17, 15) is 9.18 Å². The summed E-state index contributed by atoms with van der Waals surface area (Å²) in [7, 11) is 0. The number of halogens is 2.